The fraction of sp³-hybridized carbons (Fsp3) is 0.500. The molecule has 4 heteroatoms. The minimum atomic E-state index is 0.109. The maximum absolute atomic E-state index is 11.5. The van der Waals surface area contributed by atoms with E-state index >= 15 is 0 Å². The van der Waals surface area contributed by atoms with Crippen molar-refractivity contribution in [1.82, 2.24) is 0 Å². The van der Waals surface area contributed by atoms with Crippen LogP contribution in [0.1, 0.15) is 29.4 Å². The molecule has 0 bridgehead atoms. The van der Waals surface area contributed by atoms with E-state index < -0.39 is 0 Å². The molecular formula is C10H13ClO2S. The second kappa shape index (κ2) is 6.17. The average Bonchev–Trinajstić information content (AvgIpc) is 2.59. The Balaban J connectivity index is 2.29. The normalized spacial score (nSPS) is 10.4. The predicted molar refractivity (Wildman–Crippen MR) is 59.4 cm³/mol. The van der Waals surface area contributed by atoms with E-state index in [0.29, 0.717) is 17.4 Å². The molecule has 1 heterocycles. The molecular weight excluding hydrogens is 220 g/mol. The van der Waals surface area contributed by atoms with E-state index in [2.05, 4.69) is 0 Å². The first-order valence-electron chi connectivity index (χ1n) is 4.60. The first-order chi connectivity index (χ1) is 6.74. The Morgan fingerprint density at radius 1 is 1.50 bits per heavy atom. The molecule has 0 aromatic carbocycles. The largest absolute Gasteiger partial charge is 0.381 e. The molecule has 0 saturated carbocycles. The Labute approximate surface area is 92.8 Å². The third-order valence-electron chi connectivity index (χ3n) is 1.67. The third-order valence-corrected chi connectivity index (χ3v) is 2.94. The molecule has 0 fully saturated rings. The summed E-state index contributed by atoms with van der Waals surface area (Å²) in [7, 11) is 0. The van der Waals surface area contributed by atoms with Gasteiger partial charge in [0.1, 0.15) is 0 Å². The molecule has 0 N–H and O–H groups in total. The number of rotatable bonds is 6. The van der Waals surface area contributed by atoms with E-state index in [1.165, 1.54) is 11.3 Å². The molecule has 14 heavy (non-hydrogen) atoms. The number of ether oxygens (including phenoxy) is 1. The Kier molecular flexibility index (Phi) is 5.15. The van der Waals surface area contributed by atoms with Crippen LogP contribution in [0, 0.1) is 0 Å². The van der Waals surface area contributed by atoms with Gasteiger partial charge in [-0.15, -0.1) is 11.3 Å². The van der Waals surface area contributed by atoms with Crippen molar-refractivity contribution in [2.24, 2.45) is 0 Å². The quantitative estimate of drug-likeness (QED) is 0.555. The lowest BCUT2D eigenvalue weighted by atomic mass is 10.2. The van der Waals surface area contributed by atoms with Gasteiger partial charge in [-0.05, 0) is 18.6 Å². The summed E-state index contributed by atoms with van der Waals surface area (Å²) >= 11 is 7.04. The topological polar surface area (TPSA) is 26.3 Å². The van der Waals surface area contributed by atoms with Gasteiger partial charge >= 0.3 is 0 Å². The summed E-state index contributed by atoms with van der Waals surface area (Å²) in [4.78, 5) is 12.2. The number of thiophene rings is 1. The highest BCUT2D eigenvalue weighted by Crippen LogP contribution is 2.22. The van der Waals surface area contributed by atoms with Crippen LogP contribution in [-0.2, 0) is 4.74 Å². The zero-order chi connectivity index (χ0) is 10.4. The second-order valence-corrected chi connectivity index (χ2v) is 4.60. The maximum Gasteiger partial charge on any atom is 0.175 e. The fourth-order valence-electron chi connectivity index (χ4n) is 0.999. The van der Waals surface area contributed by atoms with Crippen LogP contribution in [0.4, 0.5) is 0 Å². The van der Waals surface area contributed by atoms with Crippen molar-refractivity contribution in [3.63, 3.8) is 0 Å². The van der Waals surface area contributed by atoms with Crippen molar-refractivity contribution in [3.05, 3.63) is 21.3 Å². The number of Topliss-reactive ketones (excluding diaryl/α,β-unsaturated/α-hetero) is 1. The highest BCUT2D eigenvalue weighted by Gasteiger charge is 2.07. The van der Waals surface area contributed by atoms with Crippen LogP contribution in [0.5, 0.6) is 0 Å². The number of ketones is 1. The molecule has 0 radical (unpaired) electrons. The maximum atomic E-state index is 11.5. The minimum absolute atomic E-state index is 0.109. The fourth-order valence-corrected chi connectivity index (χ4v) is 2.01. The van der Waals surface area contributed by atoms with Gasteiger partial charge in [0.2, 0.25) is 0 Å². The van der Waals surface area contributed by atoms with Gasteiger partial charge in [-0.25, -0.2) is 0 Å². The van der Waals surface area contributed by atoms with E-state index in [1.807, 2.05) is 6.92 Å². The SMILES string of the molecule is CCCOCCC(=O)c1ccc(Cl)s1. The number of carbonyl (C=O) groups is 1. The smallest absolute Gasteiger partial charge is 0.175 e. The van der Waals surface area contributed by atoms with Crippen molar-refractivity contribution in [1.29, 1.82) is 0 Å². The average molecular weight is 233 g/mol. The summed E-state index contributed by atoms with van der Waals surface area (Å²) in [5, 5.41) is 0. The molecule has 1 aromatic rings. The molecule has 0 atom stereocenters. The standard InChI is InChI=1S/C10H13ClO2S/c1-2-6-13-7-5-8(12)9-3-4-10(11)14-9/h3-4H,2,5-7H2,1H3. The molecule has 0 aliphatic carbocycles. The van der Waals surface area contributed by atoms with Crippen LogP contribution in [0.25, 0.3) is 0 Å². The Morgan fingerprint density at radius 2 is 2.29 bits per heavy atom. The first-order valence-corrected chi connectivity index (χ1v) is 5.79. The molecule has 0 aliphatic rings. The van der Waals surface area contributed by atoms with Crippen molar-refractivity contribution in [2.45, 2.75) is 19.8 Å². The van der Waals surface area contributed by atoms with E-state index in [4.69, 9.17) is 16.3 Å². The Bertz CT molecular complexity index is 296. The van der Waals surface area contributed by atoms with Gasteiger partial charge in [0.05, 0.1) is 15.8 Å². The molecule has 1 rings (SSSR count). The Hall–Kier alpha value is -0.380. The number of hydrogen-bond acceptors (Lipinski definition) is 3. The van der Waals surface area contributed by atoms with Crippen LogP contribution in [0.2, 0.25) is 4.34 Å². The van der Waals surface area contributed by atoms with E-state index in [1.54, 1.807) is 12.1 Å². The lowest BCUT2D eigenvalue weighted by molar-refractivity contribution is 0.0882. The van der Waals surface area contributed by atoms with Crippen LogP contribution in [-0.4, -0.2) is 19.0 Å². The number of hydrogen-bond donors (Lipinski definition) is 0. The molecule has 1 aromatic heterocycles. The zero-order valence-corrected chi connectivity index (χ0v) is 9.66. The second-order valence-electron chi connectivity index (χ2n) is 2.89. The summed E-state index contributed by atoms with van der Waals surface area (Å²) in [6.45, 7) is 3.27. The zero-order valence-electron chi connectivity index (χ0n) is 8.09. The van der Waals surface area contributed by atoms with Gasteiger partial charge in [0, 0.05) is 13.0 Å². The molecule has 78 valence electrons. The van der Waals surface area contributed by atoms with Crippen LogP contribution in [0.3, 0.4) is 0 Å². The minimum Gasteiger partial charge on any atom is -0.381 e. The Morgan fingerprint density at radius 3 is 2.86 bits per heavy atom. The van der Waals surface area contributed by atoms with Gasteiger partial charge in [0.15, 0.2) is 5.78 Å². The van der Waals surface area contributed by atoms with Crippen molar-refractivity contribution in [2.75, 3.05) is 13.2 Å². The van der Waals surface area contributed by atoms with Crippen LogP contribution in [0.15, 0.2) is 12.1 Å². The monoisotopic (exact) mass is 232 g/mol. The van der Waals surface area contributed by atoms with Crippen LogP contribution < -0.4 is 0 Å². The van der Waals surface area contributed by atoms with Gasteiger partial charge in [-0.2, -0.15) is 0 Å². The number of halogens is 1. The highest BCUT2D eigenvalue weighted by atomic mass is 35.5. The first kappa shape index (κ1) is 11.7. The molecule has 0 amide bonds. The predicted octanol–water partition coefficient (Wildman–Crippen LogP) is 3.40. The summed E-state index contributed by atoms with van der Waals surface area (Å²) in [5.41, 5.74) is 0. The van der Waals surface area contributed by atoms with Crippen molar-refractivity contribution in [3.8, 4) is 0 Å². The molecule has 0 aliphatic heterocycles. The van der Waals surface area contributed by atoms with Gasteiger partial charge in [-0.3, -0.25) is 4.79 Å². The van der Waals surface area contributed by atoms with E-state index in [9.17, 15) is 4.79 Å². The molecule has 0 unspecified atom stereocenters. The molecule has 2 nitrogen and oxygen atoms in total. The summed E-state index contributed by atoms with van der Waals surface area (Å²) < 4.78 is 5.89. The molecule has 0 spiro atoms. The third kappa shape index (κ3) is 3.78. The lowest BCUT2D eigenvalue weighted by Gasteiger charge is -1.99. The highest BCUT2D eigenvalue weighted by molar-refractivity contribution is 7.18. The van der Waals surface area contributed by atoms with Crippen molar-refractivity contribution < 1.29 is 9.53 Å². The summed E-state index contributed by atoms with van der Waals surface area (Å²) in [6.07, 6.45) is 1.43. The lowest BCUT2D eigenvalue weighted by Crippen LogP contribution is -2.03. The van der Waals surface area contributed by atoms with E-state index in [0.717, 1.165) is 17.9 Å². The summed E-state index contributed by atoms with van der Waals surface area (Å²) in [5.74, 6) is 0.109. The van der Waals surface area contributed by atoms with Crippen LogP contribution >= 0.6 is 22.9 Å². The van der Waals surface area contributed by atoms with E-state index in [-0.39, 0.29) is 5.78 Å². The van der Waals surface area contributed by atoms with Gasteiger partial charge < -0.3 is 4.74 Å². The van der Waals surface area contributed by atoms with Gasteiger partial charge in [0.25, 0.3) is 0 Å². The molecule has 0 saturated heterocycles. The van der Waals surface area contributed by atoms with Crippen molar-refractivity contribution >= 4 is 28.7 Å². The summed E-state index contributed by atoms with van der Waals surface area (Å²) in [6, 6.07) is 3.50. The van der Waals surface area contributed by atoms with Gasteiger partial charge in [-0.1, -0.05) is 18.5 Å². The number of carbonyl (C=O) groups excluding carboxylic acids is 1.